The number of anilines is 1. The summed E-state index contributed by atoms with van der Waals surface area (Å²) in [5, 5.41) is 4.23. The lowest BCUT2D eigenvalue weighted by Crippen LogP contribution is -2.47. The summed E-state index contributed by atoms with van der Waals surface area (Å²) in [4.78, 5) is 6.73. The number of nitrogens with zero attached hydrogens (tertiary/aromatic N) is 4. The molecule has 7 nitrogen and oxygen atoms in total. The van der Waals surface area contributed by atoms with Crippen molar-refractivity contribution in [3.8, 4) is 22.8 Å². The number of fused-ring (bicyclic) bond motifs is 1. The molecule has 1 saturated heterocycles. The van der Waals surface area contributed by atoms with Gasteiger partial charge < -0.3 is 18.9 Å². The fraction of sp³-hybridized carbons (Fsp3) is 0.444. The van der Waals surface area contributed by atoms with Crippen LogP contribution in [-0.4, -0.2) is 67.6 Å². The number of ether oxygens (including phenoxy) is 2. The molecule has 0 N–H and O–H groups in total. The van der Waals surface area contributed by atoms with E-state index in [0.29, 0.717) is 18.0 Å². The van der Waals surface area contributed by atoms with Crippen molar-refractivity contribution in [1.82, 2.24) is 15.0 Å². The second-order valence-electron chi connectivity index (χ2n) is 9.35. The number of alkyl halides is 3. The Kier molecular flexibility index (Phi) is 7.57. The summed E-state index contributed by atoms with van der Waals surface area (Å²) >= 11 is 0. The molecule has 0 unspecified atom stereocenters. The van der Waals surface area contributed by atoms with Gasteiger partial charge in [-0.15, -0.1) is 0 Å². The van der Waals surface area contributed by atoms with Crippen LogP contribution in [0.5, 0.6) is 11.5 Å². The Bertz CT molecular complexity index is 1190. The van der Waals surface area contributed by atoms with Crippen molar-refractivity contribution in [1.29, 1.82) is 0 Å². The zero-order valence-corrected chi connectivity index (χ0v) is 20.8. The van der Waals surface area contributed by atoms with E-state index in [2.05, 4.69) is 21.9 Å². The molecule has 1 fully saturated rings. The van der Waals surface area contributed by atoms with E-state index in [1.165, 1.54) is 12.1 Å². The van der Waals surface area contributed by atoms with Crippen LogP contribution in [0.3, 0.4) is 0 Å². The largest absolute Gasteiger partial charge is 0.454 e. The van der Waals surface area contributed by atoms with Crippen LogP contribution in [0.4, 0.5) is 18.9 Å². The van der Waals surface area contributed by atoms with Gasteiger partial charge in [-0.25, -0.2) is 0 Å². The van der Waals surface area contributed by atoms with Gasteiger partial charge in [-0.1, -0.05) is 18.1 Å². The molecule has 2 aliphatic heterocycles. The number of benzene rings is 2. The van der Waals surface area contributed by atoms with Crippen molar-refractivity contribution in [3.63, 3.8) is 0 Å². The van der Waals surface area contributed by atoms with E-state index in [0.717, 1.165) is 81.1 Å². The van der Waals surface area contributed by atoms with Gasteiger partial charge in [0.05, 0.1) is 12.1 Å². The van der Waals surface area contributed by atoms with Gasteiger partial charge in [-0.2, -0.15) is 13.2 Å². The minimum Gasteiger partial charge on any atom is -0.454 e. The van der Waals surface area contributed by atoms with E-state index in [4.69, 9.17) is 14.0 Å². The molecule has 0 saturated carbocycles. The average Bonchev–Trinajstić information content (AvgIpc) is 3.57. The molecule has 37 heavy (non-hydrogen) atoms. The van der Waals surface area contributed by atoms with E-state index >= 15 is 0 Å². The van der Waals surface area contributed by atoms with Crippen LogP contribution in [0.2, 0.25) is 0 Å². The average molecular weight is 517 g/mol. The van der Waals surface area contributed by atoms with Crippen LogP contribution >= 0.6 is 0 Å². The molecule has 0 bridgehead atoms. The molecule has 0 spiro atoms. The summed E-state index contributed by atoms with van der Waals surface area (Å²) < 4.78 is 55.5. The van der Waals surface area contributed by atoms with E-state index in [1.807, 2.05) is 29.2 Å². The smallest absolute Gasteiger partial charge is 0.416 e. The van der Waals surface area contributed by atoms with Crippen molar-refractivity contribution in [2.45, 2.75) is 26.1 Å². The van der Waals surface area contributed by atoms with E-state index in [9.17, 15) is 13.2 Å². The van der Waals surface area contributed by atoms with Gasteiger partial charge in [0.1, 0.15) is 5.69 Å². The quantitative estimate of drug-likeness (QED) is 0.391. The molecule has 198 valence electrons. The Morgan fingerprint density at radius 2 is 1.78 bits per heavy atom. The first-order valence-electron chi connectivity index (χ1n) is 12.6. The van der Waals surface area contributed by atoms with Crippen LogP contribution in [0, 0.1) is 0 Å². The van der Waals surface area contributed by atoms with Gasteiger partial charge in [0.15, 0.2) is 17.3 Å². The maximum absolute atomic E-state index is 13.0. The molecule has 5 rings (SSSR count). The third-order valence-corrected chi connectivity index (χ3v) is 6.91. The van der Waals surface area contributed by atoms with Gasteiger partial charge in [0.2, 0.25) is 6.79 Å². The summed E-state index contributed by atoms with van der Waals surface area (Å²) in [6.45, 7) is 8.92. The zero-order valence-electron chi connectivity index (χ0n) is 20.8. The number of rotatable bonds is 9. The maximum atomic E-state index is 13.0. The Morgan fingerprint density at radius 1 is 0.973 bits per heavy atom. The van der Waals surface area contributed by atoms with Gasteiger partial charge in [-0.3, -0.25) is 9.80 Å². The van der Waals surface area contributed by atoms with Crippen LogP contribution in [0.25, 0.3) is 11.3 Å². The minimum absolute atomic E-state index is 0.236. The highest BCUT2D eigenvalue weighted by molar-refractivity contribution is 5.64. The summed E-state index contributed by atoms with van der Waals surface area (Å²) in [5.74, 6) is 2.26. The van der Waals surface area contributed by atoms with Crippen LogP contribution in [0.1, 0.15) is 24.7 Å². The van der Waals surface area contributed by atoms with Gasteiger partial charge >= 0.3 is 6.18 Å². The molecule has 0 atom stereocenters. The predicted molar refractivity (Wildman–Crippen MR) is 134 cm³/mol. The lowest BCUT2D eigenvalue weighted by molar-refractivity contribution is -0.137. The molecule has 0 amide bonds. The molecule has 2 aromatic carbocycles. The summed E-state index contributed by atoms with van der Waals surface area (Å²) in [6, 6.07) is 13.3. The molecule has 3 heterocycles. The van der Waals surface area contributed by atoms with E-state index in [1.54, 1.807) is 6.07 Å². The Labute approximate surface area is 214 Å². The maximum Gasteiger partial charge on any atom is 0.416 e. The third-order valence-electron chi connectivity index (χ3n) is 6.91. The predicted octanol–water partition coefficient (Wildman–Crippen LogP) is 5.12. The first-order chi connectivity index (χ1) is 17.9. The Hall–Kier alpha value is -3.24. The number of piperazine rings is 1. The summed E-state index contributed by atoms with van der Waals surface area (Å²) in [5.41, 5.74) is 1.73. The third kappa shape index (κ3) is 6.19. The van der Waals surface area contributed by atoms with E-state index in [-0.39, 0.29) is 6.79 Å². The second-order valence-corrected chi connectivity index (χ2v) is 9.35. The SMILES string of the molecule is CCN(CCCN1CCN(c2cccc(C(F)(F)F)c2)CC1)Cc1cc(-c2ccc3c(c2)OCO3)no1. The van der Waals surface area contributed by atoms with Crippen molar-refractivity contribution in [3.05, 3.63) is 59.9 Å². The highest BCUT2D eigenvalue weighted by atomic mass is 19.4. The standard InChI is InChI=1S/C27H31F3N4O3/c1-2-32(18-23-17-24(31-37-23)20-7-8-25-26(15-20)36-19-35-25)9-4-10-33-11-13-34(14-12-33)22-6-3-5-21(16-22)27(28,29)30/h3,5-8,15-17H,2,4,9-14,18-19H2,1H3. The van der Waals surface area contributed by atoms with Gasteiger partial charge in [-0.05, 0) is 62.5 Å². The molecule has 3 aromatic rings. The lowest BCUT2D eigenvalue weighted by atomic mass is 10.1. The minimum atomic E-state index is -4.32. The first kappa shape index (κ1) is 25.4. The van der Waals surface area contributed by atoms with Crippen LogP contribution in [0.15, 0.2) is 53.1 Å². The van der Waals surface area contributed by atoms with E-state index < -0.39 is 11.7 Å². The van der Waals surface area contributed by atoms with Crippen LogP contribution < -0.4 is 14.4 Å². The summed E-state index contributed by atoms with van der Waals surface area (Å²) in [7, 11) is 0. The fourth-order valence-corrected chi connectivity index (χ4v) is 4.78. The summed E-state index contributed by atoms with van der Waals surface area (Å²) in [6.07, 6.45) is -3.32. The van der Waals surface area contributed by atoms with Gasteiger partial charge in [0, 0.05) is 43.5 Å². The highest BCUT2D eigenvalue weighted by Gasteiger charge is 2.31. The van der Waals surface area contributed by atoms with Crippen molar-refractivity contribution < 1.29 is 27.2 Å². The number of aromatic nitrogens is 1. The van der Waals surface area contributed by atoms with Crippen molar-refractivity contribution >= 4 is 5.69 Å². The van der Waals surface area contributed by atoms with Gasteiger partial charge in [0.25, 0.3) is 0 Å². The number of hydrogen-bond donors (Lipinski definition) is 0. The lowest BCUT2D eigenvalue weighted by Gasteiger charge is -2.36. The molecule has 10 heteroatoms. The fourth-order valence-electron chi connectivity index (χ4n) is 4.78. The van der Waals surface area contributed by atoms with Crippen LogP contribution in [-0.2, 0) is 12.7 Å². The molecule has 2 aliphatic rings. The first-order valence-corrected chi connectivity index (χ1v) is 12.6. The molecule has 0 aliphatic carbocycles. The monoisotopic (exact) mass is 516 g/mol. The normalized spacial score (nSPS) is 16.1. The zero-order chi connectivity index (χ0) is 25.8. The molecule has 0 radical (unpaired) electrons. The molecular formula is C27H31F3N4O3. The van der Waals surface area contributed by atoms with Crippen molar-refractivity contribution in [2.24, 2.45) is 0 Å². The number of hydrogen-bond acceptors (Lipinski definition) is 7. The molecular weight excluding hydrogens is 485 g/mol. The molecule has 1 aromatic heterocycles. The Balaban J connectivity index is 1.07. The highest BCUT2D eigenvalue weighted by Crippen LogP contribution is 2.36. The Morgan fingerprint density at radius 3 is 2.57 bits per heavy atom. The second kappa shape index (κ2) is 11.0. The number of halogens is 3. The van der Waals surface area contributed by atoms with Crippen molar-refractivity contribution in [2.75, 3.05) is 57.5 Å². The topological polar surface area (TPSA) is 54.2 Å².